The first-order valence-corrected chi connectivity index (χ1v) is 12.6. The van der Waals surface area contributed by atoms with Crippen LogP contribution in [-0.4, -0.2) is 25.2 Å². The monoisotopic (exact) mass is 514 g/mol. The average Bonchev–Trinajstić information content (AvgIpc) is 2.74. The molecule has 3 aromatic carbocycles. The molecule has 1 N–H and O–H groups in total. The third-order valence-corrected chi connectivity index (χ3v) is 7.50. The maximum atomic E-state index is 13.4. The van der Waals surface area contributed by atoms with E-state index in [1.807, 2.05) is 69.3 Å². The summed E-state index contributed by atoms with van der Waals surface area (Å²) >= 11 is 3.40. The molecule has 0 heterocycles. The van der Waals surface area contributed by atoms with Crippen LogP contribution in [0.4, 0.5) is 0 Å². The Morgan fingerprint density at radius 3 is 2.25 bits per heavy atom. The molecule has 168 valence electrons. The maximum Gasteiger partial charge on any atom is 0.243 e. The minimum absolute atomic E-state index is 0.109. The van der Waals surface area contributed by atoms with E-state index in [0.717, 1.165) is 26.7 Å². The molecule has 0 saturated heterocycles. The lowest BCUT2D eigenvalue weighted by molar-refractivity contribution is -0.122. The molecule has 1 amide bonds. The van der Waals surface area contributed by atoms with Crippen LogP contribution < -0.4 is 5.32 Å². The third kappa shape index (κ3) is 6.28. The lowest BCUT2D eigenvalue weighted by Crippen LogP contribution is -2.41. The van der Waals surface area contributed by atoms with Crippen molar-refractivity contribution in [3.8, 4) is 0 Å². The van der Waals surface area contributed by atoms with Crippen LogP contribution in [0, 0.1) is 13.8 Å². The molecule has 3 aromatic rings. The first-order chi connectivity index (χ1) is 15.1. The van der Waals surface area contributed by atoms with Gasteiger partial charge in [0.25, 0.3) is 0 Å². The van der Waals surface area contributed by atoms with Crippen molar-refractivity contribution in [2.24, 2.45) is 0 Å². The molecule has 0 aliphatic rings. The Bertz CT molecular complexity index is 1180. The second kappa shape index (κ2) is 10.4. The number of carbonyl (C=O) groups is 1. The molecule has 0 fully saturated rings. The highest BCUT2D eigenvalue weighted by atomic mass is 79.9. The topological polar surface area (TPSA) is 66.5 Å². The van der Waals surface area contributed by atoms with E-state index in [1.165, 1.54) is 4.31 Å². The fourth-order valence-corrected chi connectivity index (χ4v) is 5.03. The highest BCUT2D eigenvalue weighted by Crippen LogP contribution is 2.20. The van der Waals surface area contributed by atoms with Gasteiger partial charge in [0.1, 0.15) is 0 Å². The smallest absolute Gasteiger partial charge is 0.243 e. The molecule has 3 rings (SSSR count). The number of hydrogen-bond donors (Lipinski definition) is 1. The molecule has 5 nitrogen and oxygen atoms in total. The van der Waals surface area contributed by atoms with E-state index in [1.54, 1.807) is 24.3 Å². The number of amides is 1. The van der Waals surface area contributed by atoms with Crippen molar-refractivity contribution in [3.05, 3.63) is 99.5 Å². The molecule has 0 aromatic heterocycles. The SMILES string of the molecule is Cc1ccc(S(=O)(=O)N(CC(=O)N[C@@H](C)c2ccc(Br)cc2)Cc2cccc(C)c2)cc1. The van der Waals surface area contributed by atoms with Gasteiger partial charge in [-0.2, -0.15) is 4.31 Å². The lowest BCUT2D eigenvalue weighted by Gasteiger charge is -2.23. The maximum absolute atomic E-state index is 13.4. The summed E-state index contributed by atoms with van der Waals surface area (Å²) < 4.78 is 29.0. The van der Waals surface area contributed by atoms with Crippen molar-refractivity contribution < 1.29 is 13.2 Å². The van der Waals surface area contributed by atoms with Crippen LogP contribution in [0.2, 0.25) is 0 Å². The lowest BCUT2D eigenvalue weighted by atomic mass is 10.1. The van der Waals surface area contributed by atoms with Crippen molar-refractivity contribution in [1.82, 2.24) is 9.62 Å². The zero-order valence-corrected chi connectivity index (χ0v) is 20.8. The summed E-state index contributed by atoms with van der Waals surface area (Å²) in [5, 5.41) is 2.92. The van der Waals surface area contributed by atoms with Gasteiger partial charge in [0.05, 0.1) is 17.5 Å². The molecule has 1 atom stereocenters. The number of halogens is 1. The molecular formula is C25H27BrN2O3S. The van der Waals surface area contributed by atoms with E-state index in [0.29, 0.717) is 0 Å². The van der Waals surface area contributed by atoms with Gasteiger partial charge in [0, 0.05) is 11.0 Å². The van der Waals surface area contributed by atoms with Crippen LogP contribution in [0.25, 0.3) is 0 Å². The van der Waals surface area contributed by atoms with Gasteiger partial charge in [-0.25, -0.2) is 8.42 Å². The van der Waals surface area contributed by atoms with Crippen LogP contribution in [-0.2, 0) is 21.4 Å². The number of nitrogens with zero attached hydrogens (tertiary/aromatic N) is 1. The quantitative estimate of drug-likeness (QED) is 0.452. The van der Waals surface area contributed by atoms with Crippen LogP contribution in [0.1, 0.15) is 35.2 Å². The number of hydrogen-bond acceptors (Lipinski definition) is 3. The second-order valence-electron chi connectivity index (χ2n) is 7.92. The molecule has 7 heteroatoms. The zero-order valence-electron chi connectivity index (χ0n) is 18.4. The Balaban J connectivity index is 1.83. The second-order valence-corrected chi connectivity index (χ2v) is 10.8. The molecule has 0 saturated carbocycles. The Morgan fingerprint density at radius 1 is 0.969 bits per heavy atom. The standard InChI is InChI=1S/C25H27BrN2O3S/c1-18-7-13-24(14-8-18)32(30,31)28(16-21-6-4-5-19(2)15-21)17-25(29)27-20(3)22-9-11-23(26)12-10-22/h4-15,20H,16-17H2,1-3H3,(H,27,29)/t20-/m0/s1. The summed E-state index contributed by atoms with van der Waals surface area (Å²) in [6.07, 6.45) is 0. The molecule has 0 bridgehead atoms. The van der Waals surface area contributed by atoms with E-state index in [-0.39, 0.29) is 29.9 Å². The number of carbonyl (C=O) groups excluding carboxylic acids is 1. The minimum Gasteiger partial charge on any atom is -0.348 e. The highest BCUT2D eigenvalue weighted by molar-refractivity contribution is 9.10. The van der Waals surface area contributed by atoms with Gasteiger partial charge in [0.15, 0.2) is 0 Å². The van der Waals surface area contributed by atoms with Gasteiger partial charge < -0.3 is 5.32 Å². The largest absolute Gasteiger partial charge is 0.348 e. The van der Waals surface area contributed by atoms with Gasteiger partial charge in [-0.1, -0.05) is 75.6 Å². The van der Waals surface area contributed by atoms with Crippen LogP contribution in [0.15, 0.2) is 82.2 Å². The molecule has 32 heavy (non-hydrogen) atoms. The summed E-state index contributed by atoms with van der Waals surface area (Å²) in [6, 6.07) is 21.7. The van der Waals surface area contributed by atoms with Crippen molar-refractivity contribution >= 4 is 31.9 Å². The van der Waals surface area contributed by atoms with E-state index < -0.39 is 10.0 Å². The van der Waals surface area contributed by atoms with Gasteiger partial charge in [0.2, 0.25) is 15.9 Å². The molecule has 0 unspecified atom stereocenters. The van der Waals surface area contributed by atoms with Crippen LogP contribution in [0.5, 0.6) is 0 Å². The van der Waals surface area contributed by atoms with Gasteiger partial charge in [-0.15, -0.1) is 0 Å². The Hall–Kier alpha value is -2.48. The predicted octanol–water partition coefficient (Wildman–Crippen LogP) is 5.13. The van der Waals surface area contributed by atoms with Gasteiger partial charge >= 0.3 is 0 Å². The number of aryl methyl sites for hydroxylation is 2. The Morgan fingerprint density at radius 2 is 1.62 bits per heavy atom. The van der Waals surface area contributed by atoms with E-state index >= 15 is 0 Å². The third-order valence-electron chi connectivity index (χ3n) is 5.17. The summed E-state index contributed by atoms with van der Waals surface area (Å²) in [7, 11) is -3.86. The summed E-state index contributed by atoms with van der Waals surface area (Å²) in [6.45, 7) is 5.57. The van der Waals surface area contributed by atoms with Crippen molar-refractivity contribution in [3.63, 3.8) is 0 Å². The number of nitrogens with one attached hydrogen (secondary N) is 1. The van der Waals surface area contributed by atoms with Crippen LogP contribution in [0.3, 0.4) is 0 Å². The van der Waals surface area contributed by atoms with E-state index in [9.17, 15) is 13.2 Å². The molecule has 0 aliphatic carbocycles. The average molecular weight is 515 g/mol. The number of benzene rings is 3. The van der Waals surface area contributed by atoms with E-state index in [4.69, 9.17) is 0 Å². The first-order valence-electron chi connectivity index (χ1n) is 10.3. The Kier molecular flexibility index (Phi) is 7.87. The van der Waals surface area contributed by atoms with Gasteiger partial charge in [-0.3, -0.25) is 4.79 Å². The van der Waals surface area contributed by atoms with Crippen LogP contribution >= 0.6 is 15.9 Å². The minimum atomic E-state index is -3.86. The molecule has 0 spiro atoms. The Labute approximate surface area is 198 Å². The fraction of sp³-hybridized carbons (Fsp3) is 0.240. The van der Waals surface area contributed by atoms with E-state index in [2.05, 4.69) is 21.2 Å². The highest BCUT2D eigenvalue weighted by Gasteiger charge is 2.27. The summed E-state index contributed by atoms with van der Waals surface area (Å²) in [5.41, 5.74) is 3.77. The number of sulfonamides is 1. The van der Waals surface area contributed by atoms with Crippen molar-refractivity contribution in [1.29, 1.82) is 0 Å². The van der Waals surface area contributed by atoms with Crippen molar-refractivity contribution in [2.75, 3.05) is 6.54 Å². The fourth-order valence-electron chi connectivity index (χ4n) is 3.38. The zero-order chi connectivity index (χ0) is 23.3. The van der Waals surface area contributed by atoms with Gasteiger partial charge in [-0.05, 0) is 56.2 Å². The normalized spacial score (nSPS) is 12.5. The molecule has 0 aliphatic heterocycles. The molecule has 0 radical (unpaired) electrons. The summed E-state index contributed by atoms with van der Waals surface area (Å²) in [4.78, 5) is 13.0. The predicted molar refractivity (Wildman–Crippen MR) is 131 cm³/mol. The first kappa shape index (κ1) is 24.2. The van der Waals surface area contributed by atoms with Crippen molar-refractivity contribution in [2.45, 2.75) is 38.3 Å². The number of rotatable bonds is 8. The summed E-state index contributed by atoms with van der Waals surface area (Å²) in [5.74, 6) is -0.358. The molecular weight excluding hydrogens is 488 g/mol.